The number of carbonyl (C=O) groups is 1. The fourth-order valence-corrected chi connectivity index (χ4v) is 2.88. The minimum Gasteiger partial charge on any atom is -0.352 e. The van der Waals surface area contributed by atoms with Crippen molar-refractivity contribution in [2.75, 3.05) is 19.4 Å². The van der Waals surface area contributed by atoms with E-state index in [0.29, 0.717) is 5.56 Å². The van der Waals surface area contributed by atoms with Crippen molar-refractivity contribution >= 4 is 22.8 Å². The maximum atomic E-state index is 12.3. The molecule has 134 valence electrons. The molecule has 0 fully saturated rings. The first kappa shape index (κ1) is 16.7. The van der Waals surface area contributed by atoms with Gasteiger partial charge in [-0.15, -0.1) is 0 Å². The summed E-state index contributed by atoms with van der Waals surface area (Å²) in [6.07, 6.45) is 6.86. The van der Waals surface area contributed by atoms with Gasteiger partial charge in [-0.05, 0) is 36.4 Å². The molecule has 3 aromatic heterocycles. The third-order valence-electron chi connectivity index (χ3n) is 4.18. The molecule has 7 heteroatoms. The SMILES string of the molecule is CN(C)C(=O)c1cccc(Nc2c(-c3ccncc3)nn3cnccc23)c1. The zero-order chi connectivity index (χ0) is 18.8. The van der Waals surface area contributed by atoms with E-state index in [4.69, 9.17) is 0 Å². The van der Waals surface area contributed by atoms with E-state index in [1.54, 1.807) is 54.5 Å². The number of carbonyl (C=O) groups excluding carboxylic acids is 1. The molecule has 0 aliphatic heterocycles. The Morgan fingerprint density at radius 1 is 1.04 bits per heavy atom. The topological polar surface area (TPSA) is 75.4 Å². The summed E-state index contributed by atoms with van der Waals surface area (Å²) in [4.78, 5) is 22.0. The number of hydrogen-bond donors (Lipinski definition) is 1. The van der Waals surface area contributed by atoms with Crippen molar-refractivity contribution in [1.82, 2.24) is 24.5 Å². The quantitative estimate of drug-likeness (QED) is 0.606. The maximum Gasteiger partial charge on any atom is 0.253 e. The lowest BCUT2D eigenvalue weighted by Gasteiger charge is -2.12. The first-order valence-electron chi connectivity index (χ1n) is 8.45. The Bertz CT molecular complexity index is 1100. The van der Waals surface area contributed by atoms with Crippen LogP contribution in [0.3, 0.4) is 0 Å². The van der Waals surface area contributed by atoms with E-state index in [0.717, 1.165) is 28.1 Å². The van der Waals surface area contributed by atoms with Gasteiger partial charge >= 0.3 is 0 Å². The molecule has 1 N–H and O–H groups in total. The standard InChI is InChI=1S/C20H18N6O/c1-25(2)20(27)15-4-3-5-16(12-15)23-19-17-8-11-22-13-26(17)24-18(19)14-6-9-21-10-7-14/h3-13,23H,1-2H3. The van der Waals surface area contributed by atoms with Gasteiger partial charge in [0.2, 0.25) is 0 Å². The van der Waals surface area contributed by atoms with E-state index in [-0.39, 0.29) is 5.91 Å². The van der Waals surface area contributed by atoms with Crippen molar-refractivity contribution < 1.29 is 4.79 Å². The molecule has 7 nitrogen and oxygen atoms in total. The van der Waals surface area contributed by atoms with Crippen LogP contribution in [0.1, 0.15) is 10.4 Å². The number of aromatic nitrogens is 4. The number of nitrogens with one attached hydrogen (secondary N) is 1. The Labute approximate surface area is 156 Å². The lowest BCUT2D eigenvalue weighted by Crippen LogP contribution is -2.21. The van der Waals surface area contributed by atoms with E-state index in [9.17, 15) is 4.79 Å². The van der Waals surface area contributed by atoms with Gasteiger partial charge in [-0.25, -0.2) is 9.50 Å². The number of hydrogen-bond acceptors (Lipinski definition) is 5. The molecular weight excluding hydrogens is 340 g/mol. The van der Waals surface area contributed by atoms with Gasteiger partial charge in [-0.3, -0.25) is 9.78 Å². The van der Waals surface area contributed by atoms with Crippen molar-refractivity contribution in [1.29, 1.82) is 0 Å². The van der Waals surface area contributed by atoms with E-state index in [2.05, 4.69) is 20.4 Å². The smallest absolute Gasteiger partial charge is 0.253 e. The zero-order valence-electron chi connectivity index (χ0n) is 15.0. The molecule has 0 atom stereocenters. The lowest BCUT2D eigenvalue weighted by atomic mass is 10.1. The lowest BCUT2D eigenvalue weighted by molar-refractivity contribution is 0.0827. The summed E-state index contributed by atoms with van der Waals surface area (Å²) in [6, 6.07) is 13.1. The van der Waals surface area contributed by atoms with Crippen LogP contribution >= 0.6 is 0 Å². The van der Waals surface area contributed by atoms with Crippen LogP contribution in [0, 0.1) is 0 Å². The molecule has 1 aromatic carbocycles. The van der Waals surface area contributed by atoms with Crippen LogP contribution in [0.15, 0.2) is 67.4 Å². The Morgan fingerprint density at radius 2 is 1.81 bits per heavy atom. The van der Waals surface area contributed by atoms with Crippen molar-refractivity contribution in [2.45, 2.75) is 0 Å². The number of amides is 1. The second-order valence-corrected chi connectivity index (χ2v) is 6.27. The van der Waals surface area contributed by atoms with E-state index in [1.807, 2.05) is 36.4 Å². The van der Waals surface area contributed by atoms with E-state index < -0.39 is 0 Å². The monoisotopic (exact) mass is 358 g/mol. The molecular formula is C20H18N6O. The number of fused-ring (bicyclic) bond motifs is 1. The van der Waals surface area contributed by atoms with Gasteiger partial charge in [0.1, 0.15) is 12.0 Å². The van der Waals surface area contributed by atoms with Gasteiger partial charge < -0.3 is 10.2 Å². The summed E-state index contributed by atoms with van der Waals surface area (Å²) in [5, 5.41) is 8.08. The molecule has 0 aliphatic rings. The fourth-order valence-electron chi connectivity index (χ4n) is 2.88. The summed E-state index contributed by atoms with van der Waals surface area (Å²) in [6.45, 7) is 0. The van der Waals surface area contributed by atoms with Crippen LogP contribution in [-0.4, -0.2) is 44.5 Å². The molecule has 0 aliphatic carbocycles. The first-order valence-corrected chi connectivity index (χ1v) is 8.45. The highest BCUT2D eigenvalue weighted by molar-refractivity contribution is 5.96. The van der Waals surface area contributed by atoms with E-state index >= 15 is 0 Å². The normalized spacial score (nSPS) is 10.7. The molecule has 0 saturated carbocycles. The van der Waals surface area contributed by atoms with Crippen molar-refractivity contribution in [3.63, 3.8) is 0 Å². The molecule has 4 aromatic rings. The second kappa shape index (κ2) is 6.87. The Morgan fingerprint density at radius 3 is 2.59 bits per heavy atom. The van der Waals surface area contributed by atoms with Crippen molar-refractivity contribution in [2.24, 2.45) is 0 Å². The first-order chi connectivity index (χ1) is 13.1. The summed E-state index contributed by atoms with van der Waals surface area (Å²) >= 11 is 0. The second-order valence-electron chi connectivity index (χ2n) is 6.27. The molecule has 0 saturated heterocycles. The number of pyridine rings is 1. The molecule has 3 heterocycles. The van der Waals surface area contributed by atoms with Gasteiger partial charge in [0.15, 0.2) is 0 Å². The van der Waals surface area contributed by atoms with Crippen LogP contribution in [0.5, 0.6) is 0 Å². The Hall–Kier alpha value is -3.74. The molecule has 0 unspecified atom stereocenters. The van der Waals surface area contributed by atoms with Crippen LogP contribution in [0.2, 0.25) is 0 Å². The summed E-state index contributed by atoms with van der Waals surface area (Å²) in [7, 11) is 3.48. The van der Waals surface area contributed by atoms with E-state index in [1.165, 1.54) is 0 Å². The predicted octanol–water partition coefficient (Wildman–Crippen LogP) is 3.24. The molecule has 0 spiro atoms. The Kier molecular flexibility index (Phi) is 4.25. The maximum absolute atomic E-state index is 12.3. The summed E-state index contributed by atoms with van der Waals surface area (Å²) in [5.74, 6) is -0.0444. The van der Waals surface area contributed by atoms with Crippen LogP contribution in [-0.2, 0) is 0 Å². The number of benzene rings is 1. The third-order valence-corrected chi connectivity index (χ3v) is 4.18. The number of anilines is 2. The van der Waals surface area contributed by atoms with Gasteiger partial charge in [0, 0.05) is 49.5 Å². The molecule has 27 heavy (non-hydrogen) atoms. The predicted molar refractivity (Wildman–Crippen MR) is 104 cm³/mol. The minimum atomic E-state index is -0.0444. The number of nitrogens with zero attached hydrogens (tertiary/aromatic N) is 5. The molecule has 0 radical (unpaired) electrons. The molecule has 4 rings (SSSR count). The van der Waals surface area contributed by atoms with Gasteiger partial charge in [-0.1, -0.05) is 6.07 Å². The van der Waals surface area contributed by atoms with Crippen molar-refractivity contribution in [3.05, 3.63) is 72.9 Å². The van der Waals surface area contributed by atoms with Gasteiger partial charge in [0.25, 0.3) is 5.91 Å². The third kappa shape index (κ3) is 3.22. The van der Waals surface area contributed by atoms with Crippen LogP contribution in [0.4, 0.5) is 11.4 Å². The van der Waals surface area contributed by atoms with Gasteiger partial charge in [-0.2, -0.15) is 5.10 Å². The average Bonchev–Trinajstić information content (AvgIpc) is 3.07. The Balaban J connectivity index is 1.80. The minimum absolute atomic E-state index is 0.0444. The highest BCUT2D eigenvalue weighted by atomic mass is 16.2. The average molecular weight is 358 g/mol. The van der Waals surface area contributed by atoms with Crippen LogP contribution in [0.25, 0.3) is 16.8 Å². The van der Waals surface area contributed by atoms with Crippen LogP contribution < -0.4 is 5.32 Å². The largest absolute Gasteiger partial charge is 0.352 e. The highest BCUT2D eigenvalue weighted by Gasteiger charge is 2.16. The summed E-state index contributed by atoms with van der Waals surface area (Å²) in [5.41, 5.74) is 4.89. The molecule has 1 amide bonds. The zero-order valence-corrected chi connectivity index (χ0v) is 15.0. The highest BCUT2D eigenvalue weighted by Crippen LogP contribution is 2.33. The van der Waals surface area contributed by atoms with Crippen molar-refractivity contribution in [3.8, 4) is 11.3 Å². The fraction of sp³-hybridized carbons (Fsp3) is 0.100. The summed E-state index contributed by atoms with van der Waals surface area (Å²) < 4.78 is 1.73. The number of rotatable bonds is 4. The van der Waals surface area contributed by atoms with Gasteiger partial charge in [0.05, 0.1) is 11.2 Å². The molecule has 0 bridgehead atoms.